The number of methoxy groups -OCH3 is 1. The SMILES string of the molecule is CCOc1cc2c(cc1OC)CC(C(CS(C)(=O)=O)[C@@H]1C(C(=O)C(=O)O)c3c(NC(C)=O)ccc(F)c3N1C(=O)C(=O)O)N2. The number of halogens is 1. The van der Waals surface area contributed by atoms with Gasteiger partial charge in [0.25, 0.3) is 0 Å². The summed E-state index contributed by atoms with van der Waals surface area (Å²) in [5.74, 6) is -12.6. The number of carboxylic acid groups (broad SMARTS) is 2. The van der Waals surface area contributed by atoms with E-state index < -0.39 is 86.1 Å². The van der Waals surface area contributed by atoms with Crippen LogP contribution in [-0.2, 0) is 40.2 Å². The number of nitrogens with one attached hydrogen (secondary N) is 2. The number of aliphatic carboxylic acids is 2. The van der Waals surface area contributed by atoms with E-state index >= 15 is 4.39 Å². The Kier molecular flexibility index (Phi) is 8.86. The summed E-state index contributed by atoms with van der Waals surface area (Å²) in [5, 5.41) is 25.1. The van der Waals surface area contributed by atoms with Gasteiger partial charge in [-0.15, -0.1) is 0 Å². The molecule has 2 aromatic carbocycles. The molecule has 0 saturated carbocycles. The fraction of sp³-hybridized carbons (Fsp3) is 0.393. The van der Waals surface area contributed by atoms with Crippen molar-refractivity contribution in [3.8, 4) is 11.5 Å². The normalized spacial score (nSPS) is 19.3. The molecule has 2 heterocycles. The van der Waals surface area contributed by atoms with Crippen molar-refractivity contribution in [2.45, 2.75) is 38.3 Å². The first-order valence-electron chi connectivity index (χ1n) is 13.3. The second kappa shape index (κ2) is 12.1. The lowest BCUT2D eigenvalue weighted by atomic mass is 9.79. The quantitative estimate of drug-likeness (QED) is 0.274. The molecule has 4 N–H and O–H groups in total. The standard InChI is InChI=1S/C28H30FN3O11S/c1-5-43-20-10-17-13(9-19(20)42-3)8-18(31-17)14(11-44(4,40)41)23-22(25(34)27(36)37)21-16(30-12(2)33)7-6-15(29)24(21)32(23)26(35)28(38)39/h6-7,9-10,14,18,22-23,31H,5,8,11H2,1-4H3,(H,30,33)(H,36,37)(H,38,39)/t14?,18?,22?,23-/m1/s1. The monoisotopic (exact) mass is 635 g/mol. The van der Waals surface area contributed by atoms with E-state index in [2.05, 4.69) is 10.6 Å². The molecule has 2 amide bonds. The molecule has 4 rings (SSSR count). The van der Waals surface area contributed by atoms with Gasteiger partial charge in [0.1, 0.15) is 15.7 Å². The van der Waals surface area contributed by atoms with Crippen molar-refractivity contribution in [3.05, 3.63) is 41.2 Å². The topological polar surface area (TPSA) is 206 Å². The average molecular weight is 636 g/mol. The molecule has 2 aliphatic rings. The lowest BCUT2D eigenvalue weighted by Gasteiger charge is -2.36. The number of carbonyl (C=O) groups is 5. The molecule has 2 aromatic rings. The van der Waals surface area contributed by atoms with Gasteiger partial charge in [-0.1, -0.05) is 0 Å². The van der Waals surface area contributed by atoms with Crippen LogP contribution in [0.3, 0.4) is 0 Å². The van der Waals surface area contributed by atoms with Crippen molar-refractivity contribution < 1.29 is 56.5 Å². The van der Waals surface area contributed by atoms with Crippen molar-refractivity contribution in [1.29, 1.82) is 0 Å². The summed E-state index contributed by atoms with van der Waals surface area (Å²) < 4.78 is 52.2. The Bertz CT molecular complexity index is 1680. The van der Waals surface area contributed by atoms with E-state index in [0.29, 0.717) is 34.3 Å². The van der Waals surface area contributed by atoms with Crippen LogP contribution in [0.4, 0.5) is 21.5 Å². The molecule has 0 aliphatic carbocycles. The van der Waals surface area contributed by atoms with Gasteiger partial charge in [-0.25, -0.2) is 22.4 Å². The Labute approximate surface area is 251 Å². The number of carboxylic acids is 2. The number of ether oxygens (including phenoxy) is 2. The van der Waals surface area contributed by atoms with Gasteiger partial charge in [0, 0.05) is 48.1 Å². The Morgan fingerprint density at radius 1 is 1.14 bits per heavy atom. The number of benzene rings is 2. The highest BCUT2D eigenvalue weighted by Crippen LogP contribution is 2.51. The summed E-state index contributed by atoms with van der Waals surface area (Å²) in [6.45, 7) is 3.14. The summed E-state index contributed by atoms with van der Waals surface area (Å²) in [4.78, 5) is 63.3. The first-order valence-corrected chi connectivity index (χ1v) is 15.4. The van der Waals surface area contributed by atoms with Crippen LogP contribution in [0.15, 0.2) is 24.3 Å². The van der Waals surface area contributed by atoms with E-state index in [0.717, 1.165) is 25.3 Å². The van der Waals surface area contributed by atoms with Crippen molar-refractivity contribution in [3.63, 3.8) is 0 Å². The summed E-state index contributed by atoms with van der Waals surface area (Å²) >= 11 is 0. The smallest absolute Gasteiger partial charge is 0.394 e. The Morgan fingerprint density at radius 2 is 1.82 bits per heavy atom. The molecule has 0 saturated heterocycles. The van der Waals surface area contributed by atoms with Gasteiger partial charge in [0.15, 0.2) is 11.5 Å². The number of carbonyl (C=O) groups excluding carboxylic acids is 3. The van der Waals surface area contributed by atoms with Gasteiger partial charge in [0.05, 0.1) is 37.1 Å². The zero-order valence-corrected chi connectivity index (χ0v) is 24.9. The number of rotatable bonds is 10. The fourth-order valence-corrected chi connectivity index (χ4v) is 7.12. The molecule has 0 spiro atoms. The van der Waals surface area contributed by atoms with Crippen LogP contribution in [0.25, 0.3) is 0 Å². The maximum absolute atomic E-state index is 15.6. The first-order chi connectivity index (χ1) is 20.6. The highest BCUT2D eigenvalue weighted by molar-refractivity contribution is 7.90. The molecule has 236 valence electrons. The zero-order chi connectivity index (χ0) is 32.7. The van der Waals surface area contributed by atoms with E-state index in [1.165, 1.54) is 7.11 Å². The highest BCUT2D eigenvalue weighted by atomic mass is 32.2. The van der Waals surface area contributed by atoms with Gasteiger partial charge in [-0.2, -0.15) is 0 Å². The molecule has 16 heteroatoms. The average Bonchev–Trinajstić information content (AvgIpc) is 3.51. The Balaban J connectivity index is 1.98. The number of anilines is 3. The summed E-state index contributed by atoms with van der Waals surface area (Å²) in [7, 11) is -2.56. The number of Topliss-reactive ketones (excluding diaryl/α,β-unsaturated/α-hetero) is 1. The summed E-state index contributed by atoms with van der Waals surface area (Å²) in [5.41, 5.74) is -0.350. The van der Waals surface area contributed by atoms with Crippen LogP contribution < -0.4 is 25.0 Å². The number of ketones is 1. The zero-order valence-electron chi connectivity index (χ0n) is 24.0. The molecule has 4 atom stereocenters. The summed E-state index contributed by atoms with van der Waals surface area (Å²) in [6, 6.07) is 2.33. The first kappa shape index (κ1) is 32.2. The van der Waals surface area contributed by atoms with Crippen LogP contribution in [0.1, 0.15) is 30.9 Å². The fourth-order valence-electron chi connectivity index (χ4n) is 5.99. The Hall–Kier alpha value is -4.73. The van der Waals surface area contributed by atoms with Gasteiger partial charge >= 0.3 is 17.8 Å². The molecule has 0 radical (unpaired) electrons. The van der Waals surface area contributed by atoms with E-state index in [9.17, 15) is 42.6 Å². The number of hydrogen-bond acceptors (Lipinski definition) is 10. The van der Waals surface area contributed by atoms with E-state index in [1.54, 1.807) is 19.1 Å². The number of hydrogen-bond donors (Lipinski definition) is 4. The molecular weight excluding hydrogens is 605 g/mol. The number of nitrogens with zero attached hydrogens (tertiary/aromatic N) is 1. The third-order valence-corrected chi connectivity index (χ3v) is 8.48. The number of fused-ring (bicyclic) bond motifs is 2. The third-order valence-electron chi connectivity index (χ3n) is 7.49. The highest BCUT2D eigenvalue weighted by Gasteiger charge is 2.56. The summed E-state index contributed by atoms with van der Waals surface area (Å²) in [6.07, 6.45) is 0.941. The van der Waals surface area contributed by atoms with Crippen molar-refractivity contribution >= 4 is 56.4 Å². The van der Waals surface area contributed by atoms with Gasteiger partial charge in [-0.05, 0) is 37.1 Å². The van der Waals surface area contributed by atoms with Gasteiger partial charge < -0.3 is 30.3 Å². The maximum atomic E-state index is 15.6. The molecule has 0 bridgehead atoms. The molecular formula is C28H30FN3O11S. The molecule has 2 aliphatic heterocycles. The van der Waals surface area contributed by atoms with E-state index in [1.807, 2.05) is 0 Å². The number of sulfone groups is 1. The minimum absolute atomic E-state index is 0.0647. The van der Waals surface area contributed by atoms with Crippen molar-refractivity contribution in [2.75, 3.05) is 41.3 Å². The lowest BCUT2D eigenvalue weighted by Crippen LogP contribution is -2.54. The second-order valence-corrected chi connectivity index (χ2v) is 12.6. The van der Waals surface area contributed by atoms with Crippen molar-refractivity contribution in [1.82, 2.24) is 0 Å². The molecule has 44 heavy (non-hydrogen) atoms. The minimum atomic E-state index is -3.98. The predicted molar refractivity (Wildman–Crippen MR) is 153 cm³/mol. The molecule has 14 nitrogen and oxygen atoms in total. The second-order valence-electron chi connectivity index (χ2n) is 10.5. The maximum Gasteiger partial charge on any atom is 0.394 e. The largest absolute Gasteiger partial charge is 0.493 e. The predicted octanol–water partition coefficient (Wildman–Crippen LogP) is 1.43. The van der Waals surface area contributed by atoms with Gasteiger partial charge in [-0.3, -0.25) is 19.3 Å². The third kappa shape index (κ3) is 6.02. The molecule has 3 unspecified atom stereocenters. The van der Waals surface area contributed by atoms with Gasteiger partial charge in [0.2, 0.25) is 11.7 Å². The molecule has 0 fully saturated rings. The van der Waals surface area contributed by atoms with Crippen LogP contribution in [0.2, 0.25) is 0 Å². The lowest BCUT2D eigenvalue weighted by molar-refractivity contribution is -0.150. The van der Waals surface area contributed by atoms with Crippen LogP contribution in [-0.4, -0.2) is 86.0 Å². The van der Waals surface area contributed by atoms with E-state index in [4.69, 9.17) is 9.47 Å². The minimum Gasteiger partial charge on any atom is -0.493 e. The van der Waals surface area contributed by atoms with Crippen molar-refractivity contribution in [2.24, 2.45) is 5.92 Å². The Morgan fingerprint density at radius 3 is 2.36 bits per heavy atom. The van der Waals surface area contributed by atoms with Crippen LogP contribution >= 0.6 is 0 Å². The van der Waals surface area contributed by atoms with Crippen LogP contribution in [0, 0.1) is 11.7 Å². The van der Waals surface area contributed by atoms with Crippen LogP contribution in [0.5, 0.6) is 11.5 Å². The molecule has 0 aromatic heterocycles. The number of amides is 2. The van der Waals surface area contributed by atoms with E-state index in [-0.39, 0.29) is 12.1 Å².